The first-order chi connectivity index (χ1) is 7.69. The van der Waals surface area contributed by atoms with Crippen molar-refractivity contribution in [3.63, 3.8) is 0 Å². The molecule has 1 rings (SSSR count). The van der Waals surface area contributed by atoms with E-state index in [1.54, 1.807) is 0 Å². The Bertz CT molecular complexity index is 472. The summed E-state index contributed by atoms with van der Waals surface area (Å²) in [6, 6.07) is 2.58. The van der Waals surface area contributed by atoms with Gasteiger partial charge in [-0.1, -0.05) is 13.3 Å². The summed E-state index contributed by atoms with van der Waals surface area (Å²) in [7, 11) is 0. The molecule has 16 heavy (non-hydrogen) atoms. The molecule has 6 nitrogen and oxygen atoms in total. The van der Waals surface area contributed by atoms with Crippen LogP contribution in [0.4, 0.5) is 0 Å². The lowest BCUT2D eigenvalue weighted by Crippen LogP contribution is -2.27. The number of nitrogens with zero attached hydrogens (tertiary/aromatic N) is 3. The van der Waals surface area contributed by atoms with Gasteiger partial charge in [-0.15, -0.1) is 0 Å². The van der Waals surface area contributed by atoms with Gasteiger partial charge in [-0.25, -0.2) is 4.68 Å². The van der Waals surface area contributed by atoms with Crippen LogP contribution in [0.15, 0.2) is 16.9 Å². The molecule has 84 valence electrons. The lowest BCUT2D eigenvalue weighted by atomic mass is 10.3. The number of amides is 1. The fraction of sp³-hybridized carbons (Fsp3) is 0.400. The van der Waals surface area contributed by atoms with Gasteiger partial charge in [-0.3, -0.25) is 14.9 Å². The summed E-state index contributed by atoms with van der Waals surface area (Å²) in [6.07, 6.45) is 3.27. The van der Waals surface area contributed by atoms with Gasteiger partial charge in [0.25, 0.3) is 11.5 Å². The van der Waals surface area contributed by atoms with Gasteiger partial charge in [-0.2, -0.15) is 10.4 Å². The molecule has 0 fully saturated rings. The monoisotopic (exact) mass is 220 g/mol. The minimum atomic E-state index is -0.604. The first-order valence-corrected chi connectivity index (χ1v) is 4.96. The molecule has 0 saturated heterocycles. The lowest BCUT2D eigenvalue weighted by Gasteiger charge is -2.04. The standard InChI is InChI=1S/C10H12N4O2/c1-2-3-6-14-9(15)5-4-8(13-14)10(16)12-7-11/h4-5H,2-3,6H2,1H3,(H,12,16). The van der Waals surface area contributed by atoms with Gasteiger partial charge in [0.15, 0.2) is 6.19 Å². The summed E-state index contributed by atoms with van der Waals surface area (Å²) in [6.45, 7) is 2.47. The number of aryl methyl sites for hydroxylation is 1. The van der Waals surface area contributed by atoms with Gasteiger partial charge in [0.05, 0.1) is 0 Å². The highest BCUT2D eigenvalue weighted by molar-refractivity contribution is 5.92. The number of carbonyl (C=O) groups excluding carboxylic acids is 1. The third-order valence-corrected chi connectivity index (χ3v) is 1.99. The van der Waals surface area contributed by atoms with Crippen LogP contribution in [0.3, 0.4) is 0 Å². The van der Waals surface area contributed by atoms with Crippen LogP contribution >= 0.6 is 0 Å². The normalized spacial score (nSPS) is 9.50. The van der Waals surface area contributed by atoms with Crippen LogP contribution < -0.4 is 10.9 Å². The lowest BCUT2D eigenvalue weighted by molar-refractivity contribution is 0.0965. The van der Waals surface area contributed by atoms with Crippen LogP contribution in [0.1, 0.15) is 30.3 Å². The summed E-state index contributed by atoms with van der Waals surface area (Å²) in [5, 5.41) is 14.1. The molecular formula is C10H12N4O2. The quantitative estimate of drug-likeness (QED) is 0.582. The fourth-order valence-corrected chi connectivity index (χ4v) is 1.15. The van der Waals surface area contributed by atoms with Crippen molar-refractivity contribution in [1.82, 2.24) is 15.1 Å². The average Bonchev–Trinajstić information content (AvgIpc) is 2.28. The van der Waals surface area contributed by atoms with Crippen LogP contribution in [-0.4, -0.2) is 15.7 Å². The highest BCUT2D eigenvalue weighted by atomic mass is 16.2. The number of nitriles is 1. The van der Waals surface area contributed by atoms with E-state index in [1.165, 1.54) is 23.0 Å². The number of rotatable bonds is 4. The van der Waals surface area contributed by atoms with Crippen molar-refractivity contribution in [2.24, 2.45) is 0 Å². The van der Waals surface area contributed by atoms with Crippen molar-refractivity contribution in [3.8, 4) is 6.19 Å². The third-order valence-electron chi connectivity index (χ3n) is 1.99. The number of hydrogen-bond acceptors (Lipinski definition) is 4. The van der Waals surface area contributed by atoms with Crippen LogP contribution in [0.2, 0.25) is 0 Å². The summed E-state index contributed by atoms with van der Waals surface area (Å²) < 4.78 is 1.23. The Morgan fingerprint density at radius 3 is 3.00 bits per heavy atom. The number of nitrogens with one attached hydrogen (secondary N) is 1. The summed E-state index contributed by atoms with van der Waals surface area (Å²) in [4.78, 5) is 22.6. The molecule has 6 heteroatoms. The van der Waals surface area contributed by atoms with Gasteiger partial charge >= 0.3 is 0 Å². The van der Waals surface area contributed by atoms with Crippen molar-refractivity contribution >= 4 is 5.91 Å². The van der Waals surface area contributed by atoms with Crippen LogP contribution in [-0.2, 0) is 6.54 Å². The molecule has 0 aliphatic heterocycles. The van der Waals surface area contributed by atoms with Gasteiger partial charge in [0, 0.05) is 12.6 Å². The number of unbranched alkanes of at least 4 members (excludes halogenated alkanes) is 1. The predicted octanol–water partition coefficient (Wildman–Crippen LogP) is 0.254. The summed E-state index contributed by atoms with van der Waals surface area (Å²) >= 11 is 0. The van der Waals surface area contributed by atoms with Gasteiger partial charge in [0.1, 0.15) is 5.69 Å². The van der Waals surface area contributed by atoms with E-state index < -0.39 is 5.91 Å². The molecule has 0 aliphatic rings. The summed E-state index contributed by atoms with van der Waals surface area (Å²) in [5.41, 5.74) is -0.181. The van der Waals surface area contributed by atoms with Gasteiger partial charge in [-0.05, 0) is 12.5 Å². The first-order valence-electron chi connectivity index (χ1n) is 4.96. The second kappa shape index (κ2) is 5.66. The summed E-state index contributed by atoms with van der Waals surface area (Å²) in [5.74, 6) is -0.604. The Morgan fingerprint density at radius 1 is 1.62 bits per heavy atom. The Hall–Kier alpha value is -2.16. The Balaban J connectivity index is 2.94. The SMILES string of the molecule is CCCCn1nc(C(=O)NC#N)ccc1=O. The molecule has 1 heterocycles. The van der Waals surface area contributed by atoms with E-state index >= 15 is 0 Å². The van der Waals surface area contributed by atoms with Crippen molar-refractivity contribution < 1.29 is 4.79 Å². The molecular weight excluding hydrogens is 208 g/mol. The fourth-order valence-electron chi connectivity index (χ4n) is 1.15. The van der Waals surface area contributed by atoms with E-state index in [9.17, 15) is 9.59 Å². The largest absolute Gasteiger partial charge is 0.284 e. The maximum Gasteiger partial charge on any atom is 0.284 e. The molecule has 0 aromatic carbocycles. The van der Waals surface area contributed by atoms with E-state index in [2.05, 4.69) is 5.10 Å². The maximum absolute atomic E-state index is 11.4. The molecule has 0 unspecified atom stereocenters. The molecule has 0 aliphatic carbocycles. The zero-order chi connectivity index (χ0) is 12.0. The van der Waals surface area contributed by atoms with Crippen LogP contribution in [0, 0.1) is 11.5 Å². The molecule has 0 bridgehead atoms. The Kier molecular flexibility index (Phi) is 4.21. The molecule has 0 atom stereocenters. The van der Waals surface area contributed by atoms with E-state index in [0.717, 1.165) is 12.8 Å². The van der Waals surface area contributed by atoms with Crippen molar-refractivity contribution in [1.29, 1.82) is 5.26 Å². The minimum absolute atomic E-state index is 0.0669. The first kappa shape index (κ1) is 11.9. The zero-order valence-electron chi connectivity index (χ0n) is 8.93. The van der Waals surface area contributed by atoms with Crippen molar-refractivity contribution in [2.75, 3.05) is 0 Å². The van der Waals surface area contributed by atoms with Crippen molar-refractivity contribution in [3.05, 3.63) is 28.2 Å². The van der Waals surface area contributed by atoms with E-state index in [-0.39, 0.29) is 11.3 Å². The topological polar surface area (TPSA) is 87.8 Å². The third kappa shape index (κ3) is 2.92. The molecule has 1 amide bonds. The molecule has 1 N–H and O–H groups in total. The highest BCUT2D eigenvalue weighted by Gasteiger charge is 2.08. The molecule has 0 radical (unpaired) electrons. The maximum atomic E-state index is 11.4. The predicted molar refractivity (Wildman–Crippen MR) is 56.5 cm³/mol. The van der Waals surface area contributed by atoms with Crippen LogP contribution in [0.25, 0.3) is 0 Å². The van der Waals surface area contributed by atoms with Crippen molar-refractivity contribution in [2.45, 2.75) is 26.3 Å². The molecule has 1 aromatic heterocycles. The smallest absolute Gasteiger partial charge is 0.268 e. The zero-order valence-corrected chi connectivity index (χ0v) is 8.93. The average molecular weight is 220 g/mol. The second-order valence-electron chi connectivity index (χ2n) is 3.20. The van der Waals surface area contributed by atoms with E-state index in [1.807, 2.05) is 12.2 Å². The molecule has 0 saturated carbocycles. The molecule has 1 aromatic rings. The van der Waals surface area contributed by atoms with Gasteiger partial charge < -0.3 is 0 Å². The van der Waals surface area contributed by atoms with E-state index in [0.29, 0.717) is 6.54 Å². The Morgan fingerprint density at radius 2 is 2.38 bits per heavy atom. The molecule has 0 spiro atoms. The van der Waals surface area contributed by atoms with E-state index in [4.69, 9.17) is 5.26 Å². The Labute approximate surface area is 92.5 Å². The van der Waals surface area contributed by atoms with Gasteiger partial charge in [0.2, 0.25) is 0 Å². The highest BCUT2D eigenvalue weighted by Crippen LogP contribution is 1.93. The second-order valence-corrected chi connectivity index (χ2v) is 3.20. The van der Waals surface area contributed by atoms with Crippen LogP contribution in [0.5, 0.6) is 0 Å². The number of carbonyl (C=O) groups is 1. The minimum Gasteiger partial charge on any atom is -0.268 e. The number of aromatic nitrogens is 2. The number of hydrogen-bond donors (Lipinski definition) is 1.